The molecule has 1 aliphatic rings. The monoisotopic (exact) mass is 417 g/mol. The van der Waals surface area contributed by atoms with Crippen LogP contribution in [0.25, 0.3) is 0 Å². The summed E-state index contributed by atoms with van der Waals surface area (Å²) in [6.45, 7) is 0. The van der Waals surface area contributed by atoms with Gasteiger partial charge in [-0.3, -0.25) is 14.7 Å². The van der Waals surface area contributed by atoms with Crippen molar-refractivity contribution >= 4 is 29.7 Å². The molecule has 2 aromatic carbocycles. The second kappa shape index (κ2) is 9.56. The Morgan fingerprint density at radius 2 is 1.63 bits per heavy atom. The van der Waals surface area contributed by atoms with Gasteiger partial charge in [0.1, 0.15) is 0 Å². The van der Waals surface area contributed by atoms with E-state index in [1.807, 2.05) is 65.6 Å². The molecular weight excluding hydrogens is 394 g/mol. The number of halogens is 1. The standard InChI is InChI=1S/C25H23N3O.ClH/c26-16-8-2-7-15-25(19-20-13-17-27-18-14-20)22-11-5-6-12-23(22)28(24(25)29)21-9-3-1-4-10-21;/h1,3-6,9-14,17-18H,2,7-8,15,19H2;1H. The van der Waals surface area contributed by atoms with Crippen LogP contribution < -0.4 is 4.90 Å². The maximum atomic E-state index is 14.0. The summed E-state index contributed by atoms with van der Waals surface area (Å²) >= 11 is 0. The Morgan fingerprint density at radius 1 is 0.933 bits per heavy atom. The minimum atomic E-state index is -0.636. The van der Waals surface area contributed by atoms with E-state index in [4.69, 9.17) is 5.26 Å². The number of hydrogen-bond acceptors (Lipinski definition) is 3. The van der Waals surface area contributed by atoms with Crippen LogP contribution in [0.2, 0.25) is 0 Å². The topological polar surface area (TPSA) is 57.0 Å². The van der Waals surface area contributed by atoms with Gasteiger partial charge in [-0.2, -0.15) is 5.26 Å². The average Bonchev–Trinajstić information content (AvgIpc) is 3.01. The van der Waals surface area contributed by atoms with E-state index in [9.17, 15) is 4.79 Å². The molecule has 1 aromatic heterocycles. The van der Waals surface area contributed by atoms with E-state index < -0.39 is 5.41 Å². The number of carbonyl (C=O) groups is 1. The third-order valence-corrected chi connectivity index (χ3v) is 5.68. The molecule has 1 atom stereocenters. The van der Waals surface area contributed by atoms with Crippen molar-refractivity contribution < 1.29 is 4.79 Å². The highest BCUT2D eigenvalue weighted by Crippen LogP contribution is 2.49. The van der Waals surface area contributed by atoms with Gasteiger partial charge in [-0.25, -0.2) is 0 Å². The fraction of sp³-hybridized carbons (Fsp3) is 0.240. The largest absolute Gasteiger partial charge is 0.280 e. The van der Waals surface area contributed by atoms with Crippen molar-refractivity contribution in [1.29, 1.82) is 5.26 Å². The number of para-hydroxylation sites is 2. The number of unbranched alkanes of at least 4 members (excludes halogenated alkanes) is 2. The molecule has 2 heterocycles. The lowest BCUT2D eigenvalue weighted by molar-refractivity contribution is -0.122. The second-order valence-corrected chi connectivity index (χ2v) is 7.47. The van der Waals surface area contributed by atoms with Crippen molar-refractivity contribution in [2.24, 2.45) is 0 Å². The van der Waals surface area contributed by atoms with E-state index in [1.54, 1.807) is 12.4 Å². The number of pyridine rings is 1. The smallest absolute Gasteiger partial charge is 0.242 e. The molecule has 0 bridgehead atoms. The van der Waals surface area contributed by atoms with E-state index in [-0.39, 0.29) is 18.3 Å². The molecule has 0 saturated heterocycles. The van der Waals surface area contributed by atoms with E-state index in [0.717, 1.165) is 41.8 Å². The van der Waals surface area contributed by atoms with Gasteiger partial charge in [-0.05, 0) is 60.7 Å². The number of aromatic nitrogens is 1. The predicted molar refractivity (Wildman–Crippen MR) is 121 cm³/mol. The van der Waals surface area contributed by atoms with Crippen molar-refractivity contribution in [2.75, 3.05) is 4.90 Å². The van der Waals surface area contributed by atoms with Gasteiger partial charge in [0.25, 0.3) is 0 Å². The molecule has 1 aliphatic heterocycles. The Hall–Kier alpha value is -3.16. The first kappa shape index (κ1) is 21.5. The molecule has 5 heteroatoms. The van der Waals surface area contributed by atoms with E-state index in [0.29, 0.717) is 12.8 Å². The summed E-state index contributed by atoms with van der Waals surface area (Å²) < 4.78 is 0. The number of nitriles is 1. The molecule has 0 aliphatic carbocycles. The first-order valence-electron chi connectivity index (χ1n) is 10.0. The Balaban J connectivity index is 0.00000256. The highest BCUT2D eigenvalue weighted by atomic mass is 35.5. The highest BCUT2D eigenvalue weighted by Gasteiger charge is 2.50. The molecule has 0 spiro atoms. The van der Waals surface area contributed by atoms with Gasteiger partial charge in [0.2, 0.25) is 5.91 Å². The summed E-state index contributed by atoms with van der Waals surface area (Å²) in [5.74, 6) is 0.110. The number of rotatable bonds is 7. The molecule has 30 heavy (non-hydrogen) atoms. The maximum absolute atomic E-state index is 14.0. The number of anilines is 2. The van der Waals surface area contributed by atoms with Gasteiger partial charge in [-0.15, -0.1) is 12.4 Å². The number of fused-ring (bicyclic) bond motifs is 1. The minimum absolute atomic E-state index is 0. The Kier molecular flexibility index (Phi) is 6.87. The van der Waals surface area contributed by atoms with Crippen LogP contribution >= 0.6 is 12.4 Å². The Labute approximate surface area is 183 Å². The van der Waals surface area contributed by atoms with Crippen LogP contribution in [0.15, 0.2) is 79.1 Å². The molecule has 152 valence electrons. The lowest BCUT2D eigenvalue weighted by Gasteiger charge is -2.29. The minimum Gasteiger partial charge on any atom is -0.280 e. The summed E-state index contributed by atoms with van der Waals surface area (Å²) in [5.41, 5.74) is 3.38. The predicted octanol–water partition coefficient (Wildman–Crippen LogP) is 5.75. The number of benzene rings is 2. The summed E-state index contributed by atoms with van der Waals surface area (Å²) in [4.78, 5) is 20.0. The first-order chi connectivity index (χ1) is 14.3. The molecule has 0 fully saturated rings. The zero-order valence-corrected chi connectivity index (χ0v) is 17.5. The number of hydrogen-bond donors (Lipinski definition) is 0. The normalized spacial score (nSPS) is 17.2. The van der Waals surface area contributed by atoms with Gasteiger partial charge in [0.05, 0.1) is 17.2 Å². The summed E-state index contributed by atoms with van der Waals surface area (Å²) in [6.07, 6.45) is 7.05. The fourth-order valence-corrected chi connectivity index (χ4v) is 4.33. The lowest BCUT2D eigenvalue weighted by Crippen LogP contribution is -2.40. The van der Waals surface area contributed by atoms with Crippen LogP contribution in [0, 0.1) is 11.3 Å². The summed E-state index contributed by atoms with van der Waals surface area (Å²) in [7, 11) is 0. The van der Waals surface area contributed by atoms with Crippen molar-refractivity contribution in [2.45, 2.75) is 37.5 Å². The zero-order valence-electron chi connectivity index (χ0n) is 16.7. The highest BCUT2D eigenvalue weighted by molar-refractivity contribution is 6.13. The van der Waals surface area contributed by atoms with Gasteiger partial charge in [0, 0.05) is 24.5 Å². The van der Waals surface area contributed by atoms with Crippen molar-refractivity contribution in [3.05, 3.63) is 90.3 Å². The van der Waals surface area contributed by atoms with Gasteiger partial charge < -0.3 is 0 Å². The summed E-state index contributed by atoms with van der Waals surface area (Å²) in [6, 6.07) is 24.1. The SMILES string of the molecule is Cl.N#CCCCCC1(Cc2ccncc2)C(=O)N(c2ccccc2)c2ccccc21. The van der Waals surface area contributed by atoms with Crippen LogP contribution in [0.1, 0.15) is 36.8 Å². The number of carbonyl (C=O) groups excluding carboxylic acids is 1. The summed E-state index contributed by atoms with van der Waals surface area (Å²) in [5, 5.41) is 8.93. The molecule has 0 N–H and O–H groups in total. The second-order valence-electron chi connectivity index (χ2n) is 7.47. The van der Waals surface area contributed by atoms with Crippen LogP contribution in [0.3, 0.4) is 0 Å². The van der Waals surface area contributed by atoms with Crippen LogP contribution in [-0.4, -0.2) is 10.9 Å². The Bertz CT molecular complexity index is 1030. The number of nitrogens with zero attached hydrogens (tertiary/aromatic N) is 3. The maximum Gasteiger partial charge on any atom is 0.242 e. The van der Waals surface area contributed by atoms with Gasteiger partial charge in [0.15, 0.2) is 0 Å². The van der Waals surface area contributed by atoms with Crippen LogP contribution in [0.5, 0.6) is 0 Å². The van der Waals surface area contributed by atoms with Gasteiger partial charge >= 0.3 is 0 Å². The molecule has 0 saturated carbocycles. The lowest BCUT2D eigenvalue weighted by atomic mass is 9.73. The molecule has 1 amide bonds. The van der Waals surface area contributed by atoms with Crippen molar-refractivity contribution in [3.8, 4) is 6.07 Å². The molecule has 4 nitrogen and oxygen atoms in total. The third-order valence-electron chi connectivity index (χ3n) is 5.68. The van der Waals surface area contributed by atoms with Crippen molar-refractivity contribution in [3.63, 3.8) is 0 Å². The zero-order chi connectivity index (χ0) is 20.1. The fourth-order valence-electron chi connectivity index (χ4n) is 4.33. The molecular formula is C25H24ClN3O. The third kappa shape index (κ3) is 3.94. The van der Waals surface area contributed by atoms with Gasteiger partial charge in [-0.1, -0.05) is 42.8 Å². The molecule has 1 unspecified atom stereocenters. The molecule has 0 radical (unpaired) electrons. The van der Waals surface area contributed by atoms with Crippen LogP contribution in [-0.2, 0) is 16.6 Å². The van der Waals surface area contributed by atoms with Crippen LogP contribution in [0.4, 0.5) is 11.4 Å². The van der Waals surface area contributed by atoms with Crippen molar-refractivity contribution in [1.82, 2.24) is 4.98 Å². The first-order valence-corrected chi connectivity index (χ1v) is 10.0. The average molecular weight is 418 g/mol. The van der Waals surface area contributed by atoms with E-state index in [2.05, 4.69) is 17.1 Å². The molecule has 4 rings (SSSR count). The molecule has 3 aromatic rings. The number of amides is 1. The Morgan fingerprint density at radius 3 is 2.37 bits per heavy atom. The van der Waals surface area contributed by atoms with E-state index >= 15 is 0 Å². The quantitative estimate of drug-likeness (QED) is 0.460. The van der Waals surface area contributed by atoms with E-state index in [1.165, 1.54) is 0 Å².